The Kier molecular flexibility index (Phi) is 7.09. The number of nitrogens with one attached hydrogen (secondary N) is 1. The molecule has 1 aliphatic heterocycles. The van der Waals surface area contributed by atoms with Gasteiger partial charge in [-0.15, -0.1) is 0 Å². The van der Waals surface area contributed by atoms with Gasteiger partial charge in [-0.1, -0.05) is 11.3 Å². The first-order chi connectivity index (χ1) is 12.6. The summed E-state index contributed by atoms with van der Waals surface area (Å²) in [5.41, 5.74) is -0.686. The smallest absolute Gasteiger partial charge is 0.413 e. The summed E-state index contributed by atoms with van der Waals surface area (Å²) in [5, 5.41) is 2.82. The van der Waals surface area contributed by atoms with Crippen LogP contribution in [0.4, 0.5) is 9.93 Å². The van der Waals surface area contributed by atoms with E-state index in [1.54, 1.807) is 20.8 Å². The van der Waals surface area contributed by atoms with Gasteiger partial charge in [-0.25, -0.2) is 14.6 Å². The van der Waals surface area contributed by atoms with Crippen molar-refractivity contribution in [3.63, 3.8) is 0 Å². The highest BCUT2D eigenvalue weighted by molar-refractivity contribution is 7.16. The van der Waals surface area contributed by atoms with E-state index in [1.165, 1.54) is 19.2 Å². The van der Waals surface area contributed by atoms with Crippen molar-refractivity contribution in [2.45, 2.75) is 52.2 Å². The molecule has 148 valence electrons. The minimum absolute atomic E-state index is 0.0611. The van der Waals surface area contributed by atoms with E-state index in [1.807, 2.05) is 0 Å². The Hall–Kier alpha value is -2.26. The number of carbonyl (C=O) groups is 3. The van der Waals surface area contributed by atoms with Crippen molar-refractivity contribution < 1.29 is 28.6 Å². The number of amides is 1. The quantitative estimate of drug-likeness (QED) is 0.353. The minimum Gasteiger partial charge on any atom is -0.459 e. The van der Waals surface area contributed by atoms with E-state index in [0.717, 1.165) is 11.3 Å². The third-order valence-corrected chi connectivity index (χ3v) is 4.32. The van der Waals surface area contributed by atoms with Gasteiger partial charge in [0.25, 0.3) is 0 Å². The van der Waals surface area contributed by atoms with Gasteiger partial charge in [-0.05, 0) is 33.8 Å². The first kappa shape index (κ1) is 21.0. The van der Waals surface area contributed by atoms with Crippen molar-refractivity contribution in [3.05, 3.63) is 16.6 Å². The van der Waals surface area contributed by atoms with Gasteiger partial charge >= 0.3 is 12.1 Å². The molecule has 8 nitrogen and oxygen atoms in total. The second-order valence-corrected chi connectivity index (χ2v) is 8.09. The number of Topliss-reactive ketones (excluding diaryl/α,β-unsaturated/α-hetero) is 1. The molecule has 1 aromatic heterocycles. The lowest BCUT2D eigenvalue weighted by molar-refractivity contribution is -0.149. The van der Waals surface area contributed by atoms with Crippen molar-refractivity contribution >= 4 is 40.4 Å². The van der Waals surface area contributed by atoms with Crippen molar-refractivity contribution in [3.8, 4) is 0 Å². The highest BCUT2D eigenvalue weighted by atomic mass is 32.1. The van der Waals surface area contributed by atoms with Crippen LogP contribution in [0.25, 0.3) is 6.08 Å². The molecule has 0 radical (unpaired) electrons. The number of thiazole rings is 1. The van der Waals surface area contributed by atoms with Gasteiger partial charge in [-0.3, -0.25) is 10.1 Å². The van der Waals surface area contributed by atoms with Gasteiger partial charge in [0.15, 0.2) is 10.9 Å². The number of anilines is 1. The van der Waals surface area contributed by atoms with Crippen molar-refractivity contribution in [1.82, 2.24) is 4.98 Å². The molecule has 1 aromatic rings. The Morgan fingerprint density at radius 3 is 2.56 bits per heavy atom. The SMILES string of the molecule is CC(=O)C(=Cc1cnc(NC(=O)OC(C)(C)C)s1)C(=O)OC1CCOCC1. The normalized spacial score (nSPS) is 15.9. The molecule has 0 aliphatic carbocycles. The van der Waals surface area contributed by atoms with E-state index in [4.69, 9.17) is 14.2 Å². The third-order valence-electron chi connectivity index (χ3n) is 3.46. The minimum atomic E-state index is -0.663. The molecule has 0 unspecified atom stereocenters. The fourth-order valence-corrected chi connectivity index (χ4v) is 3.00. The Balaban J connectivity index is 2.04. The number of carbonyl (C=O) groups excluding carboxylic acids is 3. The molecule has 9 heteroatoms. The average molecular weight is 396 g/mol. The highest BCUT2D eigenvalue weighted by Crippen LogP contribution is 2.23. The monoisotopic (exact) mass is 396 g/mol. The number of esters is 1. The number of aromatic nitrogens is 1. The first-order valence-corrected chi connectivity index (χ1v) is 9.43. The number of ether oxygens (including phenoxy) is 3. The average Bonchev–Trinajstić information content (AvgIpc) is 2.98. The Morgan fingerprint density at radius 1 is 1.30 bits per heavy atom. The van der Waals surface area contributed by atoms with E-state index in [2.05, 4.69) is 10.3 Å². The molecular formula is C18H24N2O6S. The second kappa shape index (κ2) is 9.09. The zero-order valence-electron chi connectivity index (χ0n) is 15.9. The van der Waals surface area contributed by atoms with Gasteiger partial charge in [0, 0.05) is 19.0 Å². The molecule has 1 N–H and O–H groups in total. The fourth-order valence-electron chi connectivity index (χ4n) is 2.26. The summed E-state index contributed by atoms with van der Waals surface area (Å²) < 4.78 is 15.8. The molecule has 2 rings (SSSR count). The van der Waals surface area contributed by atoms with Gasteiger partial charge in [0.2, 0.25) is 0 Å². The zero-order valence-corrected chi connectivity index (χ0v) is 16.7. The number of nitrogens with zero attached hydrogens (tertiary/aromatic N) is 1. The van der Waals surface area contributed by atoms with Crippen LogP contribution >= 0.6 is 11.3 Å². The molecule has 0 saturated carbocycles. The summed E-state index contributed by atoms with van der Waals surface area (Å²) in [7, 11) is 0. The summed E-state index contributed by atoms with van der Waals surface area (Å²) in [6.45, 7) is 7.64. The zero-order chi connectivity index (χ0) is 20.0. The molecule has 27 heavy (non-hydrogen) atoms. The number of hydrogen-bond donors (Lipinski definition) is 1. The fraction of sp³-hybridized carbons (Fsp3) is 0.556. The predicted octanol–water partition coefficient (Wildman–Crippen LogP) is 3.18. The van der Waals surface area contributed by atoms with Crippen LogP contribution in [0.1, 0.15) is 45.4 Å². The molecule has 0 aromatic carbocycles. The summed E-state index contributed by atoms with van der Waals surface area (Å²) in [6.07, 6.45) is 3.23. The standard InChI is InChI=1S/C18H24N2O6S/c1-11(21)14(15(22)25-12-5-7-24-8-6-12)9-13-10-19-16(27-13)20-17(23)26-18(2,3)4/h9-10,12H,5-8H2,1-4H3,(H,19,20,23). The second-order valence-electron chi connectivity index (χ2n) is 7.03. The van der Waals surface area contributed by atoms with Crippen LogP contribution in [0, 0.1) is 0 Å². The Labute approximate surface area is 161 Å². The van der Waals surface area contributed by atoms with Crippen LogP contribution in [-0.2, 0) is 23.8 Å². The van der Waals surface area contributed by atoms with Crippen LogP contribution in [0.5, 0.6) is 0 Å². The molecule has 1 saturated heterocycles. The van der Waals surface area contributed by atoms with Crippen molar-refractivity contribution in [2.75, 3.05) is 18.5 Å². The predicted molar refractivity (Wildman–Crippen MR) is 101 cm³/mol. The van der Waals surface area contributed by atoms with Crippen molar-refractivity contribution in [2.24, 2.45) is 0 Å². The van der Waals surface area contributed by atoms with E-state index < -0.39 is 23.4 Å². The highest BCUT2D eigenvalue weighted by Gasteiger charge is 2.23. The van der Waals surface area contributed by atoms with Crippen LogP contribution in [0.3, 0.4) is 0 Å². The van der Waals surface area contributed by atoms with E-state index in [9.17, 15) is 14.4 Å². The largest absolute Gasteiger partial charge is 0.459 e. The lowest BCUT2D eigenvalue weighted by atomic mass is 10.1. The van der Waals surface area contributed by atoms with Crippen molar-refractivity contribution in [1.29, 1.82) is 0 Å². The molecule has 0 atom stereocenters. The maximum atomic E-state index is 12.3. The van der Waals surface area contributed by atoms with Gasteiger partial charge in [0.1, 0.15) is 17.3 Å². The lowest BCUT2D eigenvalue weighted by Crippen LogP contribution is -2.27. The topological polar surface area (TPSA) is 104 Å². The summed E-state index contributed by atoms with van der Waals surface area (Å²) in [6, 6.07) is 0. The Bertz CT molecular complexity index is 728. The van der Waals surface area contributed by atoms with Crippen LogP contribution in [-0.4, -0.2) is 47.7 Å². The molecule has 0 bridgehead atoms. The third kappa shape index (κ3) is 7.10. The number of ketones is 1. The van der Waals surface area contributed by atoms with E-state index >= 15 is 0 Å². The maximum absolute atomic E-state index is 12.3. The number of rotatable bonds is 5. The summed E-state index contributed by atoms with van der Waals surface area (Å²) >= 11 is 1.12. The molecule has 1 aliphatic rings. The van der Waals surface area contributed by atoms with Gasteiger partial charge < -0.3 is 14.2 Å². The Morgan fingerprint density at radius 2 is 1.96 bits per heavy atom. The van der Waals surface area contributed by atoms with Gasteiger partial charge in [-0.2, -0.15) is 0 Å². The molecule has 1 fully saturated rings. The summed E-state index contributed by atoms with van der Waals surface area (Å²) in [5.74, 6) is -1.06. The maximum Gasteiger partial charge on any atom is 0.413 e. The van der Waals surface area contributed by atoms with Crippen LogP contribution < -0.4 is 5.32 Å². The first-order valence-electron chi connectivity index (χ1n) is 8.61. The van der Waals surface area contributed by atoms with Crippen LogP contribution in [0.2, 0.25) is 0 Å². The summed E-state index contributed by atoms with van der Waals surface area (Å²) in [4.78, 5) is 40.6. The molecular weight excluding hydrogens is 372 g/mol. The molecule has 1 amide bonds. The molecule has 2 heterocycles. The molecule has 0 spiro atoms. The van der Waals surface area contributed by atoms with E-state index in [-0.39, 0.29) is 11.7 Å². The number of hydrogen-bond acceptors (Lipinski definition) is 8. The van der Waals surface area contributed by atoms with E-state index in [0.29, 0.717) is 36.1 Å². The van der Waals surface area contributed by atoms with Gasteiger partial charge in [0.05, 0.1) is 18.1 Å². The van der Waals surface area contributed by atoms with Crippen LogP contribution in [0.15, 0.2) is 11.8 Å². The lowest BCUT2D eigenvalue weighted by Gasteiger charge is -2.22.